The van der Waals surface area contributed by atoms with Crippen molar-refractivity contribution >= 4 is 0 Å². The van der Waals surface area contributed by atoms with Gasteiger partial charge in [-0.25, -0.2) is 0 Å². The molecule has 1 saturated heterocycles. The highest BCUT2D eigenvalue weighted by molar-refractivity contribution is 5.43. The lowest BCUT2D eigenvalue weighted by atomic mass is 9.78. The highest BCUT2D eigenvalue weighted by atomic mass is 16.6. The Labute approximate surface area is 272 Å². The van der Waals surface area contributed by atoms with Crippen molar-refractivity contribution in [1.29, 1.82) is 0 Å². The Kier molecular flexibility index (Phi) is 9.42. The molecule has 0 amide bonds. The van der Waals surface area contributed by atoms with Gasteiger partial charge in [0, 0.05) is 10.8 Å². The number of rotatable bonds is 15. The van der Waals surface area contributed by atoms with Gasteiger partial charge in [-0.3, -0.25) is 0 Å². The fraction of sp³-hybridized carbons (Fsp3) is 0.400. The van der Waals surface area contributed by atoms with E-state index in [1.54, 1.807) is 0 Å². The first kappa shape index (κ1) is 32.1. The molecular weight excluding hydrogens is 576 g/mol. The third-order valence-corrected chi connectivity index (χ3v) is 9.54. The molecule has 242 valence electrons. The van der Waals surface area contributed by atoms with Crippen LogP contribution in [-0.4, -0.2) is 48.8 Å². The quantitative estimate of drug-likeness (QED) is 0.135. The fourth-order valence-electron chi connectivity index (χ4n) is 5.76. The summed E-state index contributed by atoms with van der Waals surface area (Å²) in [4.78, 5) is 0. The van der Waals surface area contributed by atoms with Gasteiger partial charge in [-0.15, -0.1) is 0 Å². The van der Waals surface area contributed by atoms with E-state index in [0.717, 1.165) is 41.8 Å². The minimum absolute atomic E-state index is 0.229. The first-order chi connectivity index (χ1) is 22.1. The van der Waals surface area contributed by atoms with E-state index < -0.39 is 12.2 Å². The molecule has 46 heavy (non-hydrogen) atoms. The fourth-order valence-corrected chi connectivity index (χ4v) is 5.76. The van der Waals surface area contributed by atoms with Crippen molar-refractivity contribution in [3.8, 4) is 17.2 Å². The highest BCUT2D eigenvalue weighted by Gasteiger charge is 2.28. The molecule has 1 aliphatic carbocycles. The predicted octanol–water partition coefficient (Wildman–Crippen LogP) is 7.38. The van der Waals surface area contributed by atoms with Crippen LogP contribution in [-0.2, 0) is 15.6 Å². The summed E-state index contributed by atoms with van der Waals surface area (Å²) in [5, 5.41) is 21.3. The molecule has 1 aliphatic heterocycles. The Morgan fingerprint density at radius 3 is 1.48 bits per heavy atom. The summed E-state index contributed by atoms with van der Waals surface area (Å²) < 4.78 is 23.0. The highest BCUT2D eigenvalue weighted by Crippen LogP contribution is 2.36. The van der Waals surface area contributed by atoms with Gasteiger partial charge in [0.2, 0.25) is 0 Å². The van der Waals surface area contributed by atoms with Gasteiger partial charge in [0.1, 0.15) is 36.1 Å². The predicted molar refractivity (Wildman–Crippen MR) is 180 cm³/mol. The zero-order chi connectivity index (χ0) is 32.3. The van der Waals surface area contributed by atoms with E-state index in [0.29, 0.717) is 17.9 Å². The molecule has 0 aromatic heterocycles. The zero-order valence-electron chi connectivity index (χ0n) is 27.3. The molecule has 2 N–H and O–H groups in total. The molecule has 0 bridgehead atoms. The molecule has 1 heterocycles. The molecule has 0 spiro atoms. The summed E-state index contributed by atoms with van der Waals surface area (Å²) in [6.07, 6.45) is 0.976. The number of epoxide rings is 1. The molecule has 2 aliphatic rings. The lowest BCUT2D eigenvalue weighted by Gasteiger charge is -2.28. The number of aliphatic hydroxyl groups excluding tert-OH is 2. The second kappa shape index (κ2) is 13.5. The maximum atomic E-state index is 11.2. The van der Waals surface area contributed by atoms with Gasteiger partial charge in [-0.2, -0.15) is 0 Å². The van der Waals surface area contributed by atoms with E-state index in [-0.39, 0.29) is 23.5 Å². The number of benzene rings is 4. The topological polar surface area (TPSA) is 80.7 Å². The molecule has 0 radical (unpaired) electrons. The molecule has 2 fully saturated rings. The minimum Gasteiger partial charge on any atom is -0.493 e. The molecule has 1 saturated carbocycles. The lowest BCUT2D eigenvalue weighted by Crippen LogP contribution is -2.29. The Morgan fingerprint density at radius 2 is 1.07 bits per heavy atom. The Hall–Kier alpha value is -3.84. The number of hydrogen-bond acceptors (Lipinski definition) is 6. The van der Waals surface area contributed by atoms with Gasteiger partial charge < -0.3 is 29.2 Å². The van der Waals surface area contributed by atoms with Crippen LogP contribution in [0.1, 0.15) is 74.5 Å². The molecule has 3 atom stereocenters. The van der Waals surface area contributed by atoms with Crippen molar-refractivity contribution < 1.29 is 29.2 Å². The summed E-state index contributed by atoms with van der Waals surface area (Å²) in [5.41, 5.74) is 4.83. The summed E-state index contributed by atoms with van der Waals surface area (Å²) in [7, 11) is 0. The second-order valence-electron chi connectivity index (χ2n) is 13.7. The summed E-state index contributed by atoms with van der Waals surface area (Å²) in [6, 6.07) is 32.3. The van der Waals surface area contributed by atoms with Crippen LogP contribution < -0.4 is 14.2 Å². The van der Waals surface area contributed by atoms with Crippen molar-refractivity contribution in [2.45, 2.75) is 69.7 Å². The van der Waals surface area contributed by atoms with E-state index in [9.17, 15) is 10.2 Å². The van der Waals surface area contributed by atoms with E-state index in [2.05, 4.69) is 52.0 Å². The van der Waals surface area contributed by atoms with Crippen molar-refractivity contribution in [1.82, 2.24) is 0 Å². The molecule has 4 aromatic rings. The SMILES string of the molecule is CC(C)(c1ccc(OCC2CO2)cc1)c1ccc(OC(CO)C(O)c2ccc(C(C)(C)c3ccc(OCC4CC4)cc3)cc2)cc1. The van der Waals surface area contributed by atoms with Crippen LogP contribution in [0, 0.1) is 5.92 Å². The van der Waals surface area contributed by atoms with E-state index in [1.807, 2.05) is 72.8 Å². The number of aliphatic hydroxyl groups is 2. The van der Waals surface area contributed by atoms with E-state index in [4.69, 9.17) is 18.9 Å². The van der Waals surface area contributed by atoms with E-state index in [1.165, 1.54) is 24.0 Å². The largest absolute Gasteiger partial charge is 0.493 e. The van der Waals surface area contributed by atoms with Crippen molar-refractivity contribution in [3.05, 3.63) is 125 Å². The maximum absolute atomic E-state index is 11.2. The standard InChI is InChI=1S/C40H46O6/c1-39(2,30-11-17-33(18-12-30)43-24-27-5-6-27)29-9-7-28(8-10-29)38(42)37(23-41)46-35-21-15-32(16-22-35)40(3,4)31-13-19-34(20-14-31)44-25-36-26-45-36/h7-22,27,36-38,41-42H,5-6,23-26H2,1-4H3. The van der Waals surface area contributed by atoms with Crippen LogP contribution in [0.25, 0.3) is 0 Å². The molecule has 6 nitrogen and oxygen atoms in total. The number of hydrogen-bond donors (Lipinski definition) is 2. The third kappa shape index (κ3) is 7.58. The first-order valence-corrected chi connectivity index (χ1v) is 16.4. The monoisotopic (exact) mass is 622 g/mol. The Balaban J connectivity index is 1.07. The van der Waals surface area contributed by atoms with Crippen LogP contribution in [0.15, 0.2) is 97.1 Å². The van der Waals surface area contributed by atoms with Crippen molar-refractivity contribution in [2.24, 2.45) is 5.92 Å². The summed E-state index contributed by atoms with van der Waals surface area (Å²) in [6.45, 7) is 10.6. The molecule has 3 unspecified atom stereocenters. The van der Waals surface area contributed by atoms with Crippen molar-refractivity contribution in [2.75, 3.05) is 26.4 Å². The number of ether oxygens (including phenoxy) is 4. The third-order valence-electron chi connectivity index (χ3n) is 9.54. The normalized spacial score (nSPS) is 17.7. The zero-order valence-corrected chi connectivity index (χ0v) is 27.3. The van der Waals surface area contributed by atoms with Crippen LogP contribution >= 0.6 is 0 Å². The Bertz CT molecular complexity index is 1550. The molecule has 6 heteroatoms. The van der Waals surface area contributed by atoms with Crippen LogP contribution in [0.4, 0.5) is 0 Å². The molecule has 4 aromatic carbocycles. The lowest BCUT2D eigenvalue weighted by molar-refractivity contribution is 0.000747. The maximum Gasteiger partial charge on any atom is 0.152 e. The molecule has 6 rings (SSSR count). The first-order valence-electron chi connectivity index (χ1n) is 16.4. The van der Waals surface area contributed by atoms with Crippen molar-refractivity contribution in [3.63, 3.8) is 0 Å². The second-order valence-corrected chi connectivity index (χ2v) is 13.7. The van der Waals surface area contributed by atoms with Gasteiger partial charge >= 0.3 is 0 Å². The average molecular weight is 623 g/mol. The smallest absolute Gasteiger partial charge is 0.152 e. The average Bonchev–Trinajstić information content (AvgIpc) is 4.02. The van der Waals surface area contributed by atoms with Gasteiger partial charge in [-0.1, -0.05) is 88.4 Å². The molecular formula is C40H46O6. The Morgan fingerprint density at radius 1 is 0.652 bits per heavy atom. The van der Waals surface area contributed by atoms with Gasteiger partial charge in [0.15, 0.2) is 6.10 Å². The van der Waals surface area contributed by atoms with Crippen LogP contribution in [0.5, 0.6) is 17.2 Å². The summed E-state index contributed by atoms with van der Waals surface area (Å²) in [5.74, 6) is 3.06. The summed E-state index contributed by atoms with van der Waals surface area (Å²) >= 11 is 0. The van der Waals surface area contributed by atoms with E-state index >= 15 is 0 Å². The van der Waals surface area contributed by atoms with Gasteiger partial charge in [-0.05, 0) is 83.0 Å². The van der Waals surface area contributed by atoms with Crippen LogP contribution in [0.3, 0.4) is 0 Å². The van der Waals surface area contributed by atoms with Crippen LogP contribution in [0.2, 0.25) is 0 Å². The minimum atomic E-state index is -0.992. The van der Waals surface area contributed by atoms with Gasteiger partial charge in [0.05, 0.1) is 19.8 Å². The van der Waals surface area contributed by atoms with Gasteiger partial charge in [0.25, 0.3) is 0 Å².